The average Bonchev–Trinajstić information content (AvgIpc) is 2.81. The van der Waals surface area contributed by atoms with E-state index in [0.717, 1.165) is 38.0 Å². The summed E-state index contributed by atoms with van der Waals surface area (Å²) in [5, 5.41) is 3.49. The maximum Gasteiger partial charge on any atom is 0.0785 e. The van der Waals surface area contributed by atoms with Crippen LogP contribution in [0.25, 0.3) is 0 Å². The summed E-state index contributed by atoms with van der Waals surface area (Å²) in [6.45, 7) is 7.71. The first kappa shape index (κ1) is 15.4. The summed E-state index contributed by atoms with van der Waals surface area (Å²) in [7, 11) is 0. The molecule has 0 aromatic carbocycles. The molecule has 1 N–H and O–H groups in total. The fourth-order valence-corrected chi connectivity index (χ4v) is 4.34. The minimum Gasteiger partial charge on any atom is -0.374 e. The van der Waals surface area contributed by atoms with Crippen LogP contribution in [0.2, 0.25) is 0 Å². The third-order valence-corrected chi connectivity index (χ3v) is 5.27. The number of allylic oxidation sites excluding steroid dienone is 1. The van der Waals surface area contributed by atoms with Gasteiger partial charge < -0.3 is 10.1 Å². The van der Waals surface area contributed by atoms with E-state index in [1.54, 1.807) is 0 Å². The zero-order valence-corrected chi connectivity index (χ0v) is 13.3. The standard InChI is InChI=1S/C16H29NOS/c1-14(2)12-17-8-4-3-5-15-6-9-18-16(11-15)7-10-19-13-16/h3,5,14-15,17H,4,6-13H2,1-2H3. The van der Waals surface area contributed by atoms with Gasteiger partial charge in [-0.15, -0.1) is 0 Å². The Morgan fingerprint density at radius 3 is 3.11 bits per heavy atom. The van der Waals surface area contributed by atoms with Crippen molar-refractivity contribution in [3.63, 3.8) is 0 Å². The zero-order valence-electron chi connectivity index (χ0n) is 12.5. The summed E-state index contributed by atoms with van der Waals surface area (Å²) in [6, 6.07) is 0. The summed E-state index contributed by atoms with van der Waals surface area (Å²) in [5.74, 6) is 4.00. The van der Waals surface area contributed by atoms with Gasteiger partial charge in [0.1, 0.15) is 0 Å². The van der Waals surface area contributed by atoms with Crippen LogP contribution in [0, 0.1) is 11.8 Å². The molecule has 0 aliphatic carbocycles. The maximum absolute atomic E-state index is 6.06. The molecular formula is C16H29NOS. The summed E-state index contributed by atoms with van der Waals surface area (Å²) < 4.78 is 6.06. The van der Waals surface area contributed by atoms with Crippen LogP contribution in [0.5, 0.6) is 0 Å². The molecule has 2 atom stereocenters. The molecule has 2 rings (SSSR count). The van der Waals surface area contributed by atoms with Crippen molar-refractivity contribution in [2.75, 3.05) is 31.2 Å². The molecular weight excluding hydrogens is 254 g/mol. The first-order valence-corrected chi connectivity index (χ1v) is 8.95. The molecule has 19 heavy (non-hydrogen) atoms. The van der Waals surface area contributed by atoms with Crippen molar-refractivity contribution >= 4 is 11.8 Å². The molecule has 0 aromatic rings. The summed E-state index contributed by atoms with van der Waals surface area (Å²) in [4.78, 5) is 0. The highest BCUT2D eigenvalue weighted by Crippen LogP contribution is 2.40. The maximum atomic E-state index is 6.06. The second kappa shape index (κ2) is 7.70. The Bertz CT molecular complexity index is 284. The fraction of sp³-hybridized carbons (Fsp3) is 0.875. The molecule has 2 nitrogen and oxygen atoms in total. The van der Waals surface area contributed by atoms with Gasteiger partial charge in [0.2, 0.25) is 0 Å². The van der Waals surface area contributed by atoms with Crippen molar-refractivity contribution in [2.24, 2.45) is 11.8 Å². The SMILES string of the molecule is CC(C)CNCCC=CC1CCOC2(CCSC2)C1. The van der Waals surface area contributed by atoms with Crippen LogP contribution >= 0.6 is 11.8 Å². The highest BCUT2D eigenvalue weighted by Gasteiger charge is 2.39. The number of nitrogens with one attached hydrogen (secondary N) is 1. The van der Waals surface area contributed by atoms with Crippen LogP contribution in [-0.4, -0.2) is 36.8 Å². The van der Waals surface area contributed by atoms with Gasteiger partial charge in [0.25, 0.3) is 0 Å². The number of rotatable bonds is 6. The van der Waals surface area contributed by atoms with E-state index in [4.69, 9.17) is 4.74 Å². The van der Waals surface area contributed by atoms with E-state index in [1.807, 2.05) is 0 Å². The third kappa shape index (κ3) is 5.13. The molecule has 1 spiro atoms. The number of ether oxygens (including phenoxy) is 1. The third-order valence-electron chi connectivity index (χ3n) is 4.05. The molecule has 0 radical (unpaired) electrons. The van der Waals surface area contributed by atoms with Gasteiger partial charge in [-0.1, -0.05) is 26.0 Å². The fourth-order valence-electron chi connectivity index (χ4n) is 2.96. The van der Waals surface area contributed by atoms with Crippen LogP contribution < -0.4 is 5.32 Å². The Morgan fingerprint density at radius 1 is 1.47 bits per heavy atom. The predicted molar refractivity (Wildman–Crippen MR) is 84.8 cm³/mol. The van der Waals surface area contributed by atoms with Gasteiger partial charge in [-0.05, 0) is 56.4 Å². The lowest BCUT2D eigenvalue weighted by molar-refractivity contribution is -0.0718. The molecule has 2 unspecified atom stereocenters. The van der Waals surface area contributed by atoms with Crippen molar-refractivity contribution in [1.29, 1.82) is 0 Å². The lowest BCUT2D eigenvalue weighted by Gasteiger charge is -2.36. The molecule has 2 heterocycles. The molecule has 2 fully saturated rings. The topological polar surface area (TPSA) is 21.3 Å². The number of hydrogen-bond acceptors (Lipinski definition) is 3. The molecule has 2 aliphatic heterocycles. The lowest BCUT2D eigenvalue weighted by Crippen LogP contribution is -2.39. The first-order valence-electron chi connectivity index (χ1n) is 7.79. The highest BCUT2D eigenvalue weighted by atomic mass is 32.2. The Hall–Kier alpha value is 0.01000. The van der Waals surface area contributed by atoms with Crippen molar-refractivity contribution in [3.8, 4) is 0 Å². The number of thioether (sulfide) groups is 1. The van der Waals surface area contributed by atoms with Gasteiger partial charge in [0.15, 0.2) is 0 Å². The van der Waals surface area contributed by atoms with Crippen molar-refractivity contribution in [1.82, 2.24) is 5.32 Å². The Balaban J connectivity index is 1.64. The van der Waals surface area contributed by atoms with Crippen molar-refractivity contribution in [2.45, 2.75) is 45.1 Å². The van der Waals surface area contributed by atoms with Crippen LogP contribution in [0.1, 0.15) is 39.5 Å². The van der Waals surface area contributed by atoms with E-state index < -0.39 is 0 Å². The molecule has 0 bridgehead atoms. The summed E-state index contributed by atoms with van der Waals surface area (Å²) >= 11 is 2.06. The average molecular weight is 283 g/mol. The molecule has 3 heteroatoms. The van der Waals surface area contributed by atoms with E-state index in [9.17, 15) is 0 Å². The minimum absolute atomic E-state index is 0.230. The molecule has 0 aromatic heterocycles. The zero-order chi connectivity index (χ0) is 13.6. The van der Waals surface area contributed by atoms with Gasteiger partial charge in [-0.2, -0.15) is 11.8 Å². The Labute approximate surface area is 122 Å². The minimum atomic E-state index is 0.230. The van der Waals surface area contributed by atoms with Crippen LogP contribution in [-0.2, 0) is 4.74 Å². The summed E-state index contributed by atoms with van der Waals surface area (Å²) in [5.41, 5.74) is 0.230. The summed E-state index contributed by atoms with van der Waals surface area (Å²) in [6.07, 6.45) is 9.70. The first-order chi connectivity index (χ1) is 9.20. The quantitative estimate of drug-likeness (QED) is 0.595. The van der Waals surface area contributed by atoms with E-state index in [1.165, 1.54) is 30.8 Å². The molecule has 2 aliphatic rings. The Morgan fingerprint density at radius 2 is 2.37 bits per heavy atom. The van der Waals surface area contributed by atoms with E-state index in [-0.39, 0.29) is 5.60 Å². The van der Waals surface area contributed by atoms with E-state index in [0.29, 0.717) is 0 Å². The van der Waals surface area contributed by atoms with Gasteiger partial charge in [-0.25, -0.2) is 0 Å². The van der Waals surface area contributed by atoms with Crippen LogP contribution in [0.4, 0.5) is 0 Å². The van der Waals surface area contributed by atoms with Crippen molar-refractivity contribution < 1.29 is 4.74 Å². The highest BCUT2D eigenvalue weighted by molar-refractivity contribution is 7.99. The van der Waals surface area contributed by atoms with E-state index >= 15 is 0 Å². The van der Waals surface area contributed by atoms with Gasteiger partial charge >= 0.3 is 0 Å². The van der Waals surface area contributed by atoms with Gasteiger partial charge in [0.05, 0.1) is 5.60 Å². The van der Waals surface area contributed by atoms with Crippen LogP contribution in [0.3, 0.4) is 0 Å². The van der Waals surface area contributed by atoms with Crippen LogP contribution in [0.15, 0.2) is 12.2 Å². The molecule has 0 saturated carbocycles. The molecule has 0 amide bonds. The molecule has 2 saturated heterocycles. The Kier molecular flexibility index (Phi) is 6.24. The smallest absolute Gasteiger partial charge is 0.0785 e. The molecule has 110 valence electrons. The predicted octanol–water partition coefficient (Wildman–Crippen LogP) is 3.48. The largest absolute Gasteiger partial charge is 0.374 e. The van der Waals surface area contributed by atoms with Crippen molar-refractivity contribution in [3.05, 3.63) is 12.2 Å². The normalized spacial score (nSPS) is 31.8. The second-order valence-corrected chi connectivity index (χ2v) is 7.51. The number of hydrogen-bond donors (Lipinski definition) is 1. The lowest BCUT2D eigenvalue weighted by atomic mass is 9.85. The van der Waals surface area contributed by atoms with Gasteiger partial charge in [-0.3, -0.25) is 0 Å². The monoisotopic (exact) mass is 283 g/mol. The second-order valence-electron chi connectivity index (χ2n) is 6.40. The van der Waals surface area contributed by atoms with E-state index in [2.05, 4.69) is 43.1 Å². The van der Waals surface area contributed by atoms with Gasteiger partial charge in [0, 0.05) is 12.4 Å².